The van der Waals surface area contributed by atoms with Crippen molar-refractivity contribution in [3.63, 3.8) is 0 Å². The van der Waals surface area contributed by atoms with Crippen molar-refractivity contribution in [2.45, 2.75) is 76.4 Å². The van der Waals surface area contributed by atoms with Crippen LogP contribution in [0.2, 0.25) is 0 Å². The van der Waals surface area contributed by atoms with Crippen LogP contribution in [-0.2, 0) is 26.2 Å². The van der Waals surface area contributed by atoms with E-state index in [-0.39, 0.29) is 34.8 Å². The molecular formula is C34H43N3O6S. The van der Waals surface area contributed by atoms with Gasteiger partial charge in [-0.15, -0.1) is 0 Å². The van der Waals surface area contributed by atoms with Crippen LogP contribution in [0, 0.1) is 13.8 Å². The highest BCUT2D eigenvalue weighted by Gasteiger charge is 2.34. The number of benzene rings is 3. The molecule has 1 fully saturated rings. The first-order chi connectivity index (χ1) is 21.0. The van der Waals surface area contributed by atoms with Gasteiger partial charge in [0.05, 0.1) is 24.8 Å². The summed E-state index contributed by atoms with van der Waals surface area (Å²) in [6, 6.07) is 18.1. The SMILES string of the molecule is COc1ccc(OC)c(N(CC(=O)N(Cc2cccc(C)c2)[C@@H](C)C(=O)NC2CCCCC2)S(=O)(=O)c2ccc(C)cc2)c1. The molecule has 1 atom stereocenters. The summed E-state index contributed by atoms with van der Waals surface area (Å²) in [4.78, 5) is 29.3. The molecule has 0 aliphatic heterocycles. The lowest BCUT2D eigenvalue weighted by molar-refractivity contribution is -0.139. The Kier molecular flexibility index (Phi) is 10.9. The third kappa shape index (κ3) is 7.91. The van der Waals surface area contributed by atoms with Gasteiger partial charge >= 0.3 is 0 Å². The number of rotatable bonds is 12. The maximum absolute atomic E-state index is 14.3. The minimum absolute atomic E-state index is 0.0223. The first-order valence-corrected chi connectivity index (χ1v) is 16.4. The number of methoxy groups -OCH3 is 2. The highest BCUT2D eigenvalue weighted by molar-refractivity contribution is 7.92. The van der Waals surface area contributed by atoms with Crippen molar-refractivity contribution in [2.24, 2.45) is 0 Å². The summed E-state index contributed by atoms with van der Waals surface area (Å²) in [5.41, 5.74) is 2.89. The van der Waals surface area contributed by atoms with Gasteiger partial charge in [0.15, 0.2) is 0 Å². The fourth-order valence-corrected chi connectivity index (χ4v) is 6.92. The number of carbonyl (C=O) groups is 2. The van der Waals surface area contributed by atoms with Crippen LogP contribution >= 0.6 is 0 Å². The lowest BCUT2D eigenvalue weighted by Gasteiger charge is -2.33. The zero-order valence-electron chi connectivity index (χ0n) is 26.2. The molecule has 44 heavy (non-hydrogen) atoms. The van der Waals surface area contributed by atoms with Crippen LogP contribution in [0.1, 0.15) is 55.7 Å². The Morgan fingerprint density at radius 3 is 2.25 bits per heavy atom. The molecule has 1 aliphatic carbocycles. The molecule has 2 amide bonds. The topological polar surface area (TPSA) is 105 Å². The van der Waals surface area contributed by atoms with Gasteiger partial charge in [0, 0.05) is 18.7 Å². The number of anilines is 1. The number of sulfonamides is 1. The van der Waals surface area contributed by atoms with Crippen molar-refractivity contribution < 1.29 is 27.5 Å². The van der Waals surface area contributed by atoms with Gasteiger partial charge in [-0.2, -0.15) is 0 Å². The van der Waals surface area contributed by atoms with Gasteiger partial charge in [-0.3, -0.25) is 13.9 Å². The highest BCUT2D eigenvalue weighted by Crippen LogP contribution is 2.36. The number of aryl methyl sites for hydroxylation is 2. The summed E-state index contributed by atoms with van der Waals surface area (Å²) in [6.07, 6.45) is 5.07. The van der Waals surface area contributed by atoms with Crippen LogP contribution in [0.4, 0.5) is 5.69 Å². The Bertz CT molecular complexity index is 1550. The second-order valence-corrected chi connectivity index (χ2v) is 13.3. The molecule has 1 N–H and O–H groups in total. The second kappa shape index (κ2) is 14.6. The van der Waals surface area contributed by atoms with E-state index in [0.717, 1.165) is 53.1 Å². The lowest BCUT2D eigenvalue weighted by Crippen LogP contribution is -2.53. The third-order valence-corrected chi connectivity index (χ3v) is 9.87. The minimum Gasteiger partial charge on any atom is -0.497 e. The monoisotopic (exact) mass is 621 g/mol. The molecular weight excluding hydrogens is 578 g/mol. The Morgan fingerprint density at radius 2 is 1.61 bits per heavy atom. The standard InChI is InChI=1S/C34H43N3O6S/c1-24-14-17-30(18-15-24)44(40,41)37(31-21-29(42-4)16-19-32(31)43-5)23-33(38)36(22-27-11-9-10-25(2)20-27)26(3)34(39)35-28-12-7-6-8-13-28/h9-11,14-21,26,28H,6-8,12-13,22-23H2,1-5H3,(H,35,39)/t26-/m0/s1. The number of nitrogens with one attached hydrogen (secondary N) is 1. The first kappa shape index (κ1) is 32.9. The zero-order chi connectivity index (χ0) is 31.9. The number of amides is 2. The first-order valence-electron chi connectivity index (χ1n) is 15.0. The fourth-order valence-electron chi connectivity index (χ4n) is 5.50. The lowest BCUT2D eigenvalue weighted by atomic mass is 9.95. The van der Waals surface area contributed by atoms with Crippen LogP contribution < -0.4 is 19.1 Å². The molecule has 0 radical (unpaired) electrons. The number of hydrogen-bond acceptors (Lipinski definition) is 6. The molecule has 236 valence electrons. The van der Waals surface area contributed by atoms with E-state index in [4.69, 9.17) is 9.47 Å². The van der Waals surface area contributed by atoms with Gasteiger partial charge in [-0.1, -0.05) is 66.8 Å². The van der Waals surface area contributed by atoms with E-state index in [1.54, 1.807) is 31.2 Å². The van der Waals surface area contributed by atoms with E-state index < -0.39 is 28.5 Å². The van der Waals surface area contributed by atoms with Crippen LogP contribution in [0.15, 0.2) is 71.6 Å². The summed E-state index contributed by atoms with van der Waals surface area (Å²) in [6.45, 7) is 5.09. The Morgan fingerprint density at radius 1 is 0.909 bits per heavy atom. The van der Waals surface area contributed by atoms with Gasteiger partial charge in [0.1, 0.15) is 24.1 Å². The van der Waals surface area contributed by atoms with E-state index >= 15 is 0 Å². The van der Waals surface area contributed by atoms with E-state index in [1.807, 2.05) is 38.1 Å². The molecule has 1 saturated carbocycles. The summed E-state index contributed by atoms with van der Waals surface area (Å²) in [5.74, 6) is -0.139. The third-order valence-electron chi connectivity index (χ3n) is 8.10. The van der Waals surface area contributed by atoms with Gasteiger partial charge < -0.3 is 19.7 Å². The molecule has 0 aromatic heterocycles. The van der Waals surface area contributed by atoms with Gasteiger partial charge in [0.25, 0.3) is 10.0 Å². The predicted molar refractivity (Wildman–Crippen MR) is 171 cm³/mol. The second-order valence-electron chi connectivity index (χ2n) is 11.4. The maximum atomic E-state index is 14.3. The molecule has 10 heteroatoms. The maximum Gasteiger partial charge on any atom is 0.264 e. The molecule has 3 aromatic rings. The van der Waals surface area contributed by atoms with Crippen LogP contribution in [0.25, 0.3) is 0 Å². The van der Waals surface area contributed by atoms with E-state index in [0.29, 0.717) is 5.75 Å². The molecule has 0 heterocycles. The summed E-state index contributed by atoms with van der Waals surface area (Å²) in [7, 11) is -1.34. The summed E-state index contributed by atoms with van der Waals surface area (Å²) in [5, 5.41) is 3.13. The Labute approximate surface area is 261 Å². The Balaban J connectivity index is 1.75. The van der Waals surface area contributed by atoms with Gasteiger partial charge in [-0.25, -0.2) is 8.42 Å². The molecule has 4 rings (SSSR count). The predicted octanol–water partition coefficient (Wildman–Crippen LogP) is 5.38. The summed E-state index contributed by atoms with van der Waals surface area (Å²) >= 11 is 0. The van der Waals surface area contributed by atoms with Crippen molar-refractivity contribution in [3.05, 3.63) is 83.4 Å². The molecule has 1 aliphatic rings. The molecule has 9 nitrogen and oxygen atoms in total. The van der Waals surface area contributed by atoms with Crippen molar-refractivity contribution in [2.75, 3.05) is 25.1 Å². The largest absolute Gasteiger partial charge is 0.497 e. The molecule has 3 aromatic carbocycles. The fraction of sp³-hybridized carbons (Fsp3) is 0.412. The van der Waals surface area contributed by atoms with Crippen molar-refractivity contribution in [1.29, 1.82) is 0 Å². The smallest absolute Gasteiger partial charge is 0.264 e. The number of ether oxygens (including phenoxy) is 2. The van der Waals surface area contributed by atoms with Crippen LogP contribution in [-0.4, -0.2) is 58.0 Å². The summed E-state index contributed by atoms with van der Waals surface area (Å²) < 4.78 is 40.4. The van der Waals surface area contributed by atoms with Gasteiger partial charge in [0.2, 0.25) is 11.8 Å². The normalized spacial score (nSPS) is 14.4. The molecule has 0 saturated heterocycles. The number of nitrogens with zero attached hydrogens (tertiary/aromatic N) is 2. The van der Waals surface area contributed by atoms with E-state index in [2.05, 4.69) is 5.32 Å². The Hall–Kier alpha value is -4.05. The number of hydrogen-bond donors (Lipinski definition) is 1. The van der Waals surface area contributed by atoms with Gasteiger partial charge in [-0.05, 0) is 63.4 Å². The van der Waals surface area contributed by atoms with Crippen molar-refractivity contribution in [1.82, 2.24) is 10.2 Å². The quantitative estimate of drug-likeness (QED) is 0.291. The highest BCUT2D eigenvalue weighted by atomic mass is 32.2. The molecule has 0 unspecified atom stereocenters. The average molecular weight is 622 g/mol. The minimum atomic E-state index is -4.26. The average Bonchev–Trinajstić information content (AvgIpc) is 3.02. The van der Waals surface area contributed by atoms with Crippen molar-refractivity contribution >= 4 is 27.5 Å². The molecule has 0 bridgehead atoms. The molecule has 0 spiro atoms. The van der Waals surface area contributed by atoms with E-state index in [1.165, 1.54) is 37.3 Å². The van der Waals surface area contributed by atoms with Crippen molar-refractivity contribution in [3.8, 4) is 11.5 Å². The van der Waals surface area contributed by atoms with Crippen LogP contribution in [0.3, 0.4) is 0 Å². The zero-order valence-corrected chi connectivity index (χ0v) is 27.0. The number of carbonyl (C=O) groups excluding carboxylic acids is 2. The van der Waals surface area contributed by atoms with Crippen LogP contribution in [0.5, 0.6) is 11.5 Å². The van der Waals surface area contributed by atoms with E-state index in [9.17, 15) is 18.0 Å².